The zero-order valence-corrected chi connectivity index (χ0v) is 23.5. The van der Waals surface area contributed by atoms with Crippen LogP contribution in [0.2, 0.25) is 0 Å². The molecule has 8 aromatic rings. The number of hydrogen-bond acceptors (Lipinski definition) is 0. The van der Waals surface area contributed by atoms with E-state index in [0.29, 0.717) is 0 Å². The number of rotatable bonds is 1. The molecule has 1 spiro atoms. The van der Waals surface area contributed by atoms with Crippen LogP contribution in [-0.4, -0.2) is 0 Å². The highest BCUT2D eigenvalue weighted by Crippen LogP contribution is 2.64. The molecule has 0 saturated heterocycles. The molecule has 8 aromatic carbocycles. The van der Waals surface area contributed by atoms with Crippen molar-refractivity contribution in [2.75, 3.05) is 0 Å². The van der Waals surface area contributed by atoms with Crippen LogP contribution in [0.25, 0.3) is 65.7 Å². The van der Waals surface area contributed by atoms with Crippen molar-refractivity contribution >= 4 is 32.3 Å². The average Bonchev–Trinajstić information content (AvgIpc) is 3.37. The number of fused-ring (bicyclic) bond motifs is 14. The van der Waals surface area contributed by atoms with Crippen LogP contribution >= 0.6 is 0 Å². The van der Waals surface area contributed by atoms with Crippen molar-refractivity contribution in [3.8, 4) is 33.4 Å². The molecule has 10 rings (SSSR count). The third-order valence-corrected chi connectivity index (χ3v) is 10.0. The Morgan fingerprint density at radius 2 is 0.953 bits per heavy atom. The van der Waals surface area contributed by atoms with Gasteiger partial charge in [0.05, 0.1) is 5.41 Å². The molecular formula is C43H26. The van der Waals surface area contributed by atoms with Crippen LogP contribution in [0.15, 0.2) is 158 Å². The summed E-state index contributed by atoms with van der Waals surface area (Å²) in [6.07, 6.45) is 0. The zero-order valence-electron chi connectivity index (χ0n) is 23.5. The maximum absolute atomic E-state index is 2.49. The van der Waals surface area contributed by atoms with Gasteiger partial charge in [0, 0.05) is 0 Å². The summed E-state index contributed by atoms with van der Waals surface area (Å²) in [5.41, 5.74) is 12.9. The Labute approximate surface area is 250 Å². The minimum Gasteiger partial charge on any atom is -0.0622 e. The van der Waals surface area contributed by atoms with Gasteiger partial charge in [0.1, 0.15) is 0 Å². The van der Waals surface area contributed by atoms with Crippen LogP contribution in [-0.2, 0) is 5.41 Å². The van der Waals surface area contributed by atoms with E-state index in [1.807, 2.05) is 0 Å². The van der Waals surface area contributed by atoms with Gasteiger partial charge in [-0.25, -0.2) is 0 Å². The van der Waals surface area contributed by atoms with E-state index in [2.05, 4.69) is 158 Å². The fourth-order valence-corrected chi connectivity index (χ4v) is 8.46. The molecule has 0 amide bonds. The summed E-state index contributed by atoms with van der Waals surface area (Å²) in [4.78, 5) is 0. The smallest absolute Gasteiger partial charge is 0.0622 e. The van der Waals surface area contributed by atoms with E-state index in [1.54, 1.807) is 0 Å². The van der Waals surface area contributed by atoms with Gasteiger partial charge in [0.15, 0.2) is 0 Å². The largest absolute Gasteiger partial charge is 0.0732 e. The van der Waals surface area contributed by atoms with Crippen molar-refractivity contribution in [2.45, 2.75) is 5.41 Å². The number of benzene rings is 8. The maximum Gasteiger partial charge on any atom is 0.0732 e. The van der Waals surface area contributed by atoms with Gasteiger partial charge in [-0.05, 0) is 94.0 Å². The highest BCUT2D eigenvalue weighted by Gasteiger charge is 2.51. The van der Waals surface area contributed by atoms with Gasteiger partial charge in [-0.2, -0.15) is 0 Å². The first-order valence-corrected chi connectivity index (χ1v) is 15.1. The molecule has 43 heavy (non-hydrogen) atoms. The lowest BCUT2D eigenvalue weighted by molar-refractivity contribution is 0.783. The van der Waals surface area contributed by atoms with Crippen molar-refractivity contribution in [1.82, 2.24) is 0 Å². The fraction of sp³-hybridized carbons (Fsp3) is 0.0233. The second-order valence-electron chi connectivity index (χ2n) is 12.0. The zero-order chi connectivity index (χ0) is 28.1. The highest BCUT2D eigenvalue weighted by atomic mass is 14.5. The Morgan fingerprint density at radius 3 is 1.79 bits per heavy atom. The first-order valence-electron chi connectivity index (χ1n) is 15.1. The normalized spacial score (nSPS) is 16.0. The van der Waals surface area contributed by atoms with Crippen molar-refractivity contribution < 1.29 is 0 Å². The summed E-state index contributed by atoms with van der Waals surface area (Å²) in [5.74, 6) is 0. The third-order valence-electron chi connectivity index (χ3n) is 10.0. The first kappa shape index (κ1) is 23.1. The van der Waals surface area contributed by atoms with E-state index in [4.69, 9.17) is 0 Å². The van der Waals surface area contributed by atoms with Gasteiger partial charge in [-0.15, -0.1) is 0 Å². The van der Waals surface area contributed by atoms with Crippen LogP contribution in [0, 0.1) is 0 Å². The SMILES string of the molecule is c1ccc(-c2ccc3c(c2)C2(c4ccccc4-3)c3c(c4ccccc4c4ccccc34)-c3cccc4cccc2c34)cc1. The van der Waals surface area contributed by atoms with Gasteiger partial charge in [0.2, 0.25) is 0 Å². The minimum atomic E-state index is -0.469. The molecule has 0 aromatic heterocycles. The lowest BCUT2D eigenvalue weighted by atomic mass is 9.59. The molecule has 2 aliphatic carbocycles. The lowest BCUT2D eigenvalue weighted by Gasteiger charge is -2.41. The monoisotopic (exact) mass is 542 g/mol. The molecule has 0 bridgehead atoms. The molecular weight excluding hydrogens is 516 g/mol. The van der Waals surface area contributed by atoms with Crippen LogP contribution in [0.4, 0.5) is 0 Å². The van der Waals surface area contributed by atoms with Gasteiger partial charge in [-0.3, -0.25) is 0 Å². The Morgan fingerprint density at radius 1 is 0.349 bits per heavy atom. The predicted molar refractivity (Wildman–Crippen MR) is 181 cm³/mol. The summed E-state index contributed by atoms with van der Waals surface area (Å²) < 4.78 is 0. The average molecular weight is 543 g/mol. The van der Waals surface area contributed by atoms with Gasteiger partial charge >= 0.3 is 0 Å². The standard InChI is InChI=1S/C43H26/c1-2-12-27(13-3-1)29-24-25-33-32-18-8-9-22-37(32)43(39(33)26-29)38-23-11-15-28-14-10-21-36(40(28)38)41-34-19-6-4-16-30(34)31-17-5-7-20-35(31)42(41)43/h1-26H. The van der Waals surface area contributed by atoms with Gasteiger partial charge in [0.25, 0.3) is 0 Å². The van der Waals surface area contributed by atoms with Crippen molar-refractivity contribution in [2.24, 2.45) is 0 Å². The van der Waals surface area contributed by atoms with E-state index in [-0.39, 0.29) is 0 Å². The molecule has 0 N–H and O–H groups in total. The third kappa shape index (κ3) is 2.81. The molecule has 1 unspecified atom stereocenters. The van der Waals surface area contributed by atoms with E-state index >= 15 is 0 Å². The molecule has 2 aliphatic rings. The molecule has 0 aliphatic heterocycles. The molecule has 1 atom stereocenters. The summed E-state index contributed by atoms with van der Waals surface area (Å²) in [6.45, 7) is 0. The molecule has 0 nitrogen and oxygen atoms in total. The Hall–Kier alpha value is -5.46. The molecule has 0 radical (unpaired) electrons. The van der Waals surface area contributed by atoms with E-state index in [1.165, 1.54) is 88.0 Å². The van der Waals surface area contributed by atoms with E-state index in [0.717, 1.165) is 0 Å². The van der Waals surface area contributed by atoms with Crippen LogP contribution in [0.5, 0.6) is 0 Å². The summed E-state index contributed by atoms with van der Waals surface area (Å²) >= 11 is 0. The van der Waals surface area contributed by atoms with Crippen LogP contribution in [0.3, 0.4) is 0 Å². The van der Waals surface area contributed by atoms with E-state index in [9.17, 15) is 0 Å². The van der Waals surface area contributed by atoms with Crippen molar-refractivity contribution in [3.05, 3.63) is 180 Å². The first-order chi connectivity index (χ1) is 21.4. The molecule has 0 fully saturated rings. The van der Waals surface area contributed by atoms with Crippen LogP contribution in [0.1, 0.15) is 22.3 Å². The lowest BCUT2D eigenvalue weighted by Crippen LogP contribution is -2.32. The fourth-order valence-electron chi connectivity index (χ4n) is 8.46. The predicted octanol–water partition coefficient (Wildman–Crippen LogP) is 11.2. The molecule has 0 heteroatoms. The molecule has 0 heterocycles. The number of hydrogen-bond donors (Lipinski definition) is 0. The highest BCUT2D eigenvalue weighted by molar-refractivity contribution is 6.22. The van der Waals surface area contributed by atoms with E-state index < -0.39 is 5.41 Å². The second kappa shape index (κ2) is 8.31. The quantitative estimate of drug-likeness (QED) is 0.181. The summed E-state index contributed by atoms with van der Waals surface area (Å²) in [5, 5.41) is 7.94. The second-order valence-corrected chi connectivity index (χ2v) is 12.0. The Balaban J connectivity index is 1.51. The maximum atomic E-state index is 2.49. The topological polar surface area (TPSA) is 0 Å². The van der Waals surface area contributed by atoms with Crippen molar-refractivity contribution in [3.63, 3.8) is 0 Å². The van der Waals surface area contributed by atoms with Gasteiger partial charge < -0.3 is 0 Å². The minimum absolute atomic E-state index is 0.469. The Kier molecular flexibility index (Phi) is 4.47. The molecule has 0 saturated carbocycles. The van der Waals surface area contributed by atoms with Crippen LogP contribution < -0.4 is 0 Å². The van der Waals surface area contributed by atoms with Crippen molar-refractivity contribution in [1.29, 1.82) is 0 Å². The summed E-state index contributed by atoms with van der Waals surface area (Å²) in [7, 11) is 0. The summed E-state index contributed by atoms with van der Waals surface area (Å²) in [6, 6.07) is 59.1. The van der Waals surface area contributed by atoms with Gasteiger partial charge in [-0.1, -0.05) is 152 Å². The Bertz CT molecular complexity index is 2440. The molecule has 198 valence electrons.